The van der Waals surface area contributed by atoms with Crippen molar-refractivity contribution in [1.82, 2.24) is 15.3 Å². The van der Waals surface area contributed by atoms with E-state index in [2.05, 4.69) is 15.3 Å². The SMILES string of the molecule is CC(C)c1nc(NCC(=O)NCC(F)(F)F)cc(C(C)(C)C)n1. The van der Waals surface area contributed by atoms with Gasteiger partial charge in [-0.1, -0.05) is 34.6 Å². The van der Waals surface area contributed by atoms with Crippen LogP contribution in [0.4, 0.5) is 19.0 Å². The molecule has 0 radical (unpaired) electrons. The molecule has 0 unspecified atom stereocenters. The minimum Gasteiger partial charge on any atom is -0.361 e. The zero-order valence-electron chi connectivity index (χ0n) is 14.0. The Labute approximate surface area is 134 Å². The molecule has 8 heteroatoms. The Kier molecular flexibility index (Phi) is 5.96. The van der Waals surface area contributed by atoms with Gasteiger partial charge < -0.3 is 10.6 Å². The fourth-order valence-electron chi connectivity index (χ4n) is 1.63. The van der Waals surface area contributed by atoms with Gasteiger partial charge in [0.05, 0.1) is 12.2 Å². The lowest BCUT2D eigenvalue weighted by molar-refractivity contribution is -0.137. The number of carbonyl (C=O) groups excluding carboxylic acids is 1. The lowest BCUT2D eigenvalue weighted by Crippen LogP contribution is -2.37. The second-order valence-electron chi connectivity index (χ2n) is 6.65. The molecule has 1 amide bonds. The summed E-state index contributed by atoms with van der Waals surface area (Å²) in [5, 5.41) is 4.56. The van der Waals surface area contributed by atoms with Crippen LogP contribution in [0.5, 0.6) is 0 Å². The van der Waals surface area contributed by atoms with Gasteiger partial charge in [0.2, 0.25) is 5.91 Å². The van der Waals surface area contributed by atoms with Crippen LogP contribution in [0, 0.1) is 0 Å². The van der Waals surface area contributed by atoms with Gasteiger partial charge in [-0.15, -0.1) is 0 Å². The van der Waals surface area contributed by atoms with Crippen molar-refractivity contribution in [2.24, 2.45) is 0 Å². The molecule has 2 N–H and O–H groups in total. The molecule has 0 fully saturated rings. The lowest BCUT2D eigenvalue weighted by atomic mass is 9.91. The predicted octanol–water partition coefficient (Wildman–Crippen LogP) is 2.99. The minimum atomic E-state index is -4.42. The van der Waals surface area contributed by atoms with Crippen molar-refractivity contribution in [1.29, 1.82) is 0 Å². The number of carbonyl (C=O) groups is 1. The molecule has 0 saturated heterocycles. The Balaban J connectivity index is 2.80. The average molecular weight is 332 g/mol. The number of aromatic nitrogens is 2. The summed E-state index contributed by atoms with van der Waals surface area (Å²) in [5.74, 6) is 0.396. The van der Waals surface area contributed by atoms with Gasteiger partial charge in [0, 0.05) is 17.4 Å². The molecule has 5 nitrogen and oxygen atoms in total. The first-order valence-electron chi connectivity index (χ1n) is 7.35. The van der Waals surface area contributed by atoms with Crippen molar-refractivity contribution < 1.29 is 18.0 Å². The highest BCUT2D eigenvalue weighted by atomic mass is 19.4. The minimum absolute atomic E-state index is 0.0944. The van der Waals surface area contributed by atoms with Crippen LogP contribution >= 0.6 is 0 Å². The number of hydrogen-bond acceptors (Lipinski definition) is 4. The Bertz CT molecular complexity index is 551. The molecule has 0 aliphatic heterocycles. The first-order chi connectivity index (χ1) is 10.4. The average Bonchev–Trinajstić information content (AvgIpc) is 2.40. The molecule has 23 heavy (non-hydrogen) atoms. The summed E-state index contributed by atoms with van der Waals surface area (Å²) >= 11 is 0. The van der Waals surface area contributed by atoms with E-state index >= 15 is 0 Å². The third-order valence-corrected chi connectivity index (χ3v) is 2.94. The van der Waals surface area contributed by atoms with Crippen molar-refractivity contribution in [3.05, 3.63) is 17.6 Å². The summed E-state index contributed by atoms with van der Waals surface area (Å²) in [4.78, 5) is 20.2. The highest BCUT2D eigenvalue weighted by Crippen LogP contribution is 2.24. The molecule has 0 aliphatic carbocycles. The summed E-state index contributed by atoms with van der Waals surface area (Å²) in [6, 6.07) is 1.71. The highest BCUT2D eigenvalue weighted by molar-refractivity contribution is 5.80. The van der Waals surface area contributed by atoms with Gasteiger partial charge in [0.1, 0.15) is 18.2 Å². The highest BCUT2D eigenvalue weighted by Gasteiger charge is 2.27. The van der Waals surface area contributed by atoms with Gasteiger partial charge in [-0.3, -0.25) is 4.79 Å². The summed E-state index contributed by atoms with van der Waals surface area (Å²) in [6.07, 6.45) is -4.42. The Morgan fingerprint density at radius 2 is 1.83 bits per heavy atom. The Morgan fingerprint density at radius 3 is 2.30 bits per heavy atom. The number of anilines is 1. The maximum atomic E-state index is 12.0. The second-order valence-corrected chi connectivity index (χ2v) is 6.65. The van der Waals surface area contributed by atoms with Crippen LogP contribution in [0.15, 0.2) is 6.07 Å². The van der Waals surface area contributed by atoms with Crippen LogP contribution in [0.3, 0.4) is 0 Å². The summed E-state index contributed by atoms with van der Waals surface area (Å²) < 4.78 is 36.1. The maximum Gasteiger partial charge on any atom is 0.405 e. The molecular formula is C15H23F3N4O. The second kappa shape index (κ2) is 7.14. The number of rotatable bonds is 5. The van der Waals surface area contributed by atoms with Gasteiger partial charge >= 0.3 is 6.18 Å². The van der Waals surface area contributed by atoms with Crippen LogP contribution < -0.4 is 10.6 Å². The molecule has 0 saturated carbocycles. The van der Waals surface area contributed by atoms with E-state index in [9.17, 15) is 18.0 Å². The zero-order valence-corrected chi connectivity index (χ0v) is 14.0. The van der Waals surface area contributed by atoms with Crippen LogP contribution in [-0.2, 0) is 10.2 Å². The fourth-order valence-corrected chi connectivity index (χ4v) is 1.63. The van der Waals surface area contributed by atoms with Crippen LogP contribution in [-0.4, -0.2) is 35.1 Å². The maximum absolute atomic E-state index is 12.0. The fraction of sp³-hybridized carbons (Fsp3) is 0.667. The largest absolute Gasteiger partial charge is 0.405 e. The van der Waals surface area contributed by atoms with Gasteiger partial charge in [-0.2, -0.15) is 13.2 Å². The third-order valence-electron chi connectivity index (χ3n) is 2.94. The molecule has 1 rings (SSSR count). The Hall–Kier alpha value is -1.86. The normalized spacial score (nSPS) is 12.4. The summed E-state index contributed by atoms with van der Waals surface area (Å²) in [7, 11) is 0. The summed E-state index contributed by atoms with van der Waals surface area (Å²) in [5.41, 5.74) is 0.594. The van der Waals surface area contributed by atoms with Crippen LogP contribution in [0.1, 0.15) is 52.1 Å². The van der Waals surface area contributed by atoms with E-state index < -0.39 is 18.6 Å². The molecule has 1 aromatic rings. The molecule has 0 bridgehead atoms. The van der Waals surface area contributed by atoms with Crippen LogP contribution in [0.25, 0.3) is 0 Å². The molecule has 1 aromatic heterocycles. The molecule has 0 spiro atoms. The molecule has 1 heterocycles. The number of nitrogens with zero attached hydrogens (tertiary/aromatic N) is 2. The van der Waals surface area contributed by atoms with E-state index in [0.29, 0.717) is 11.6 Å². The van der Waals surface area contributed by atoms with E-state index in [4.69, 9.17) is 0 Å². The monoisotopic (exact) mass is 332 g/mol. The molecule has 0 aliphatic rings. The number of alkyl halides is 3. The van der Waals surface area contributed by atoms with Crippen molar-refractivity contribution in [3.8, 4) is 0 Å². The quantitative estimate of drug-likeness (QED) is 0.870. The number of halogens is 3. The van der Waals surface area contributed by atoms with Crippen molar-refractivity contribution in [3.63, 3.8) is 0 Å². The number of nitrogens with one attached hydrogen (secondary N) is 2. The van der Waals surface area contributed by atoms with Gasteiger partial charge in [-0.05, 0) is 0 Å². The van der Waals surface area contributed by atoms with E-state index in [0.717, 1.165) is 5.69 Å². The topological polar surface area (TPSA) is 66.9 Å². The third kappa shape index (κ3) is 6.83. The van der Waals surface area contributed by atoms with Crippen molar-refractivity contribution in [2.75, 3.05) is 18.4 Å². The Morgan fingerprint density at radius 1 is 1.22 bits per heavy atom. The first-order valence-corrected chi connectivity index (χ1v) is 7.35. The lowest BCUT2D eigenvalue weighted by Gasteiger charge is -2.20. The van der Waals surface area contributed by atoms with E-state index in [-0.39, 0.29) is 17.9 Å². The van der Waals surface area contributed by atoms with Gasteiger partial charge in [0.15, 0.2) is 0 Å². The first kappa shape index (κ1) is 19.2. The van der Waals surface area contributed by atoms with E-state index in [1.54, 1.807) is 11.4 Å². The zero-order chi connectivity index (χ0) is 17.8. The smallest absolute Gasteiger partial charge is 0.361 e. The molecule has 130 valence electrons. The molecular weight excluding hydrogens is 309 g/mol. The van der Waals surface area contributed by atoms with Crippen molar-refractivity contribution >= 4 is 11.7 Å². The number of hydrogen-bond donors (Lipinski definition) is 2. The standard InChI is InChI=1S/C15H23F3N4O/c1-9(2)13-21-10(14(3,4)5)6-11(22-13)19-7-12(23)20-8-15(16,17)18/h6,9H,7-8H2,1-5H3,(H,20,23)(H,19,21,22). The van der Waals surface area contributed by atoms with E-state index in [1.165, 1.54) is 0 Å². The van der Waals surface area contributed by atoms with Crippen LogP contribution in [0.2, 0.25) is 0 Å². The van der Waals surface area contributed by atoms with Gasteiger partial charge in [0.25, 0.3) is 0 Å². The molecule has 0 atom stereocenters. The summed E-state index contributed by atoms with van der Waals surface area (Å²) in [6.45, 7) is 8.26. The predicted molar refractivity (Wildman–Crippen MR) is 82.4 cm³/mol. The van der Waals surface area contributed by atoms with Gasteiger partial charge in [-0.25, -0.2) is 9.97 Å². The molecule has 0 aromatic carbocycles. The number of amides is 1. The van der Waals surface area contributed by atoms with Crippen molar-refractivity contribution in [2.45, 2.75) is 52.1 Å². The van der Waals surface area contributed by atoms with E-state index in [1.807, 2.05) is 34.6 Å².